The molecule has 300 valence electrons. The molecule has 0 aromatic heterocycles. The second-order valence-corrected chi connectivity index (χ2v) is 13.7. The predicted molar refractivity (Wildman–Crippen MR) is 228 cm³/mol. The van der Waals surface area contributed by atoms with Gasteiger partial charge in [-0.25, -0.2) is 0 Å². The van der Waals surface area contributed by atoms with Crippen molar-refractivity contribution in [3.05, 3.63) is 97.2 Å². The third kappa shape index (κ3) is 41.4. The van der Waals surface area contributed by atoms with E-state index in [0.29, 0.717) is 12.8 Å². The Balaban J connectivity index is 3.69. The predicted octanol–water partition coefficient (Wildman–Crippen LogP) is 13.7. The number of aliphatic hydroxyl groups is 1. The van der Waals surface area contributed by atoms with Crippen molar-refractivity contribution in [3.63, 3.8) is 0 Å². The van der Waals surface area contributed by atoms with E-state index in [2.05, 4.69) is 111 Å². The van der Waals surface area contributed by atoms with E-state index in [0.717, 1.165) is 96.3 Å². The number of esters is 2. The molecule has 53 heavy (non-hydrogen) atoms. The van der Waals surface area contributed by atoms with Crippen LogP contribution in [0.25, 0.3) is 0 Å². The number of carbonyl (C=O) groups excluding carboxylic acids is 2. The highest BCUT2D eigenvalue weighted by Gasteiger charge is 2.16. The molecule has 1 N–H and O–H groups in total. The van der Waals surface area contributed by atoms with Crippen LogP contribution in [0.2, 0.25) is 0 Å². The highest BCUT2D eigenvalue weighted by atomic mass is 16.6. The van der Waals surface area contributed by atoms with Gasteiger partial charge in [-0.2, -0.15) is 0 Å². The first-order chi connectivity index (χ1) is 26.1. The number of rotatable bonds is 37. The number of aliphatic hydroxyl groups excluding tert-OH is 1. The summed E-state index contributed by atoms with van der Waals surface area (Å²) in [5.41, 5.74) is 0. The van der Waals surface area contributed by atoms with E-state index in [9.17, 15) is 14.7 Å². The van der Waals surface area contributed by atoms with Gasteiger partial charge in [0.2, 0.25) is 0 Å². The zero-order valence-electron chi connectivity index (χ0n) is 34.0. The normalized spacial score (nSPS) is 13.2. The van der Waals surface area contributed by atoms with Gasteiger partial charge in [0.1, 0.15) is 6.61 Å². The molecule has 0 aliphatic carbocycles. The van der Waals surface area contributed by atoms with Gasteiger partial charge < -0.3 is 14.6 Å². The van der Waals surface area contributed by atoms with E-state index < -0.39 is 6.10 Å². The van der Waals surface area contributed by atoms with Crippen molar-refractivity contribution in [1.29, 1.82) is 0 Å². The molecule has 0 radical (unpaired) electrons. The summed E-state index contributed by atoms with van der Waals surface area (Å²) >= 11 is 0. The third-order valence-corrected chi connectivity index (χ3v) is 8.61. The summed E-state index contributed by atoms with van der Waals surface area (Å²) in [6.07, 6.45) is 60.4. The van der Waals surface area contributed by atoms with E-state index in [-0.39, 0.29) is 25.2 Å². The molecule has 0 amide bonds. The molecule has 0 aliphatic rings. The summed E-state index contributed by atoms with van der Waals surface area (Å²) in [5.74, 6) is -0.648. The van der Waals surface area contributed by atoms with E-state index in [1.807, 2.05) is 0 Å². The smallest absolute Gasteiger partial charge is 0.306 e. The maximum absolute atomic E-state index is 12.2. The topological polar surface area (TPSA) is 72.8 Å². The Bertz CT molecular complexity index is 1060. The Morgan fingerprint density at radius 3 is 1.26 bits per heavy atom. The van der Waals surface area contributed by atoms with E-state index >= 15 is 0 Å². The molecular weight excluding hydrogens is 657 g/mol. The molecule has 0 spiro atoms. The van der Waals surface area contributed by atoms with Crippen LogP contribution in [-0.4, -0.2) is 36.4 Å². The minimum atomic E-state index is -0.798. The molecule has 0 heterocycles. The summed E-state index contributed by atoms with van der Waals surface area (Å²) in [5, 5.41) is 9.57. The largest absolute Gasteiger partial charge is 0.462 e. The van der Waals surface area contributed by atoms with Gasteiger partial charge in [0.25, 0.3) is 0 Å². The fraction of sp³-hybridized carbons (Fsp3) is 0.625. The Kier molecular flexibility index (Phi) is 40.6. The molecule has 0 saturated carbocycles. The monoisotopic (exact) mass is 735 g/mol. The van der Waals surface area contributed by atoms with Crippen LogP contribution in [0.1, 0.15) is 174 Å². The number of hydrogen-bond donors (Lipinski definition) is 1. The van der Waals surface area contributed by atoms with Crippen molar-refractivity contribution in [3.8, 4) is 0 Å². The molecule has 5 heteroatoms. The first kappa shape index (κ1) is 49.8. The molecule has 0 saturated heterocycles. The lowest BCUT2D eigenvalue weighted by molar-refractivity contribution is -0.161. The second-order valence-electron chi connectivity index (χ2n) is 13.7. The van der Waals surface area contributed by atoms with Crippen LogP contribution in [0.4, 0.5) is 0 Å². The molecule has 1 unspecified atom stereocenters. The van der Waals surface area contributed by atoms with E-state index in [1.54, 1.807) is 0 Å². The highest BCUT2D eigenvalue weighted by Crippen LogP contribution is 2.11. The zero-order chi connectivity index (χ0) is 38.6. The van der Waals surface area contributed by atoms with Crippen molar-refractivity contribution in [2.75, 3.05) is 13.2 Å². The lowest BCUT2D eigenvalue weighted by Crippen LogP contribution is -2.28. The zero-order valence-corrected chi connectivity index (χ0v) is 34.0. The fourth-order valence-electron chi connectivity index (χ4n) is 5.41. The molecule has 0 aromatic carbocycles. The maximum atomic E-state index is 12.2. The van der Waals surface area contributed by atoms with Crippen molar-refractivity contribution >= 4 is 11.9 Å². The highest BCUT2D eigenvalue weighted by molar-refractivity contribution is 5.70. The number of hydrogen-bond acceptors (Lipinski definition) is 5. The first-order valence-electron chi connectivity index (χ1n) is 21.3. The van der Waals surface area contributed by atoms with Crippen molar-refractivity contribution in [2.45, 2.75) is 180 Å². The van der Waals surface area contributed by atoms with Gasteiger partial charge in [0, 0.05) is 12.8 Å². The van der Waals surface area contributed by atoms with Crippen LogP contribution in [0, 0.1) is 0 Å². The molecule has 1 atom stereocenters. The Labute approximate surface area is 326 Å². The van der Waals surface area contributed by atoms with Gasteiger partial charge in [-0.3, -0.25) is 9.59 Å². The Morgan fingerprint density at radius 2 is 0.811 bits per heavy atom. The SMILES string of the molecule is CC/C=C\C/C=C\C/C=C\C/C=C\C/C=C\C/C=C\C/C=C\CCCCCC(=O)OC(CO)COC(=O)CCCCCCC/C=C\CCCCCCC. The molecular formula is C48H78O5. The van der Waals surface area contributed by atoms with Crippen LogP contribution in [0.3, 0.4) is 0 Å². The summed E-state index contributed by atoms with van der Waals surface area (Å²) in [6.45, 7) is 3.96. The number of carbonyl (C=O) groups is 2. The molecule has 0 bridgehead atoms. The van der Waals surface area contributed by atoms with Crippen LogP contribution in [-0.2, 0) is 19.1 Å². The minimum Gasteiger partial charge on any atom is -0.462 e. The van der Waals surface area contributed by atoms with Crippen LogP contribution >= 0.6 is 0 Å². The van der Waals surface area contributed by atoms with Crippen molar-refractivity contribution in [2.24, 2.45) is 0 Å². The third-order valence-electron chi connectivity index (χ3n) is 8.61. The van der Waals surface area contributed by atoms with Crippen molar-refractivity contribution in [1.82, 2.24) is 0 Å². The molecule has 0 aromatic rings. The molecule has 0 fully saturated rings. The van der Waals surface area contributed by atoms with Crippen LogP contribution in [0.5, 0.6) is 0 Å². The maximum Gasteiger partial charge on any atom is 0.306 e. The van der Waals surface area contributed by atoms with Crippen LogP contribution < -0.4 is 0 Å². The van der Waals surface area contributed by atoms with Gasteiger partial charge in [-0.15, -0.1) is 0 Å². The number of unbranched alkanes of at least 4 members (excludes halogenated alkanes) is 13. The summed E-state index contributed by atoms with van der Waals surface area (Å²) < 4.78 is 10.6. The quantitative estimate of drug-likeness (QED) is 0.0391. The Morgan fingerprint density at radius 1 is 0.453 bits per heavy atom. The average Bonchev–Trinajstić information content (AvgIpc) is 3.16. The summed E-state index contributed by atoms with van der Waals surface area (Å²) in [7, 11) is 0. The van der Waals surface area contributed by atoms with Gasteiger partial charge in [0.05, 0.1) is 6.61 Å². The number of allylic oxidation sites excluding steroid dienone is 16. The molecule has 0 aliphatic heterocycles. The van der Waals surface area contributed by atoms with Crippen molar-refractivity contribution < 1.29 is 24.2 Å². The van der Waals surface area contributed by atoms with Gasteiger partial charge >= 0.3 is 11.9 Å². The molecule has 0 rings (SSSR count). The number of ether oxygens (including phenoxy) is 2. The average molecular weight is 735 g/mol. The van der Waals surface area contributed by atoms with Gasteiger partial charge in [-0.05, 0) is 96.3 Å². The van der Waals surface area contributed by atoms with Crippen LogP contribution in [0.15, 0.2) is 97.2 Å². The van der Waals surface area contributed by atoms with E-state index in [1.165, 1.54) is 51.4 Å². The summed E-state index contributed by atoms with van der Waals surface area (Å²) in [6, 6.07) is 0. The first-order valence-corrected chi connectivity index (χ1v) is 21.3. The second kappa shape index (κ2) is 43.2. The lowest BCUT2D eigenvalue weighted by atomic mass is 10.1. The Hall–Kier alpha value is -3.18. The van der Waals surface area contributed by atoms with E-state index in [4.69, 9.17) is 9.47 Å². The lowest BCUT2D eigenvalue weighted by Gasteiger charge is -2.15. The minimum absolute atomic E-state index is 0.0897. The molecule has 5 nitrogen and oxygen atoms in total. The standard InChI is InChI=1S/C48H78O5/c1-3-5-7-9-11-13-15-17-19-20-21-22-23-24-25-26-27-28-29-31-33-35-37-39-41-43-48(51)53-46(44-49)45-52-47(50)42-40-38-36-34-32-30-18-16-14-12-10-8-6-4-2/h5,7,11,13,16-19,21-22,24-25,27-28,31,33,46,49H,3-4,6,8-10,12,14-15,20,23,26,29-30,32,34-45H2,1-2H3/b7-5-,13-11-,18-16-,19-17-,22-21-,25-24-,28-27-,33-31-. The fourth-order valence-corrected chi connectivity index (χ4v) is 5.41. The van der Waals surface area contributed by atoms with Gasteiger partial charge in [0.15, 0.2) is 6.10 Å². The summed E-state index contributed by atoms with van der Waals surface area (Å²) in [4.78, 5) is 24.3. The van der Waals surface area contributed by atoms with Gasteiger partial charge in [-0.1, -0.05) is 162 Å².